The van der Waals surface area contributed by atoms with E-state index in [-0.39, 0.29) is 24.3 Å². The van der Waals surface area contributed by atoms with Crippen molar-refractivity contribution in [2.75, 3.05) is 6.54 Å². The molecule has 324 valence electrons. The Kier molecular flexibility index (Phi) is 36.8. The fourth-order valence-corrected chi connectivity index (χ4v) is 6.26. The molecule has 0 aliphatic rings. The standard InChI is InChI=1S/C41H78N8O7/c1-35(50)43-42-34-41(56)49-46-38(53)32-30-28-26-24-22-20-18-16-14-12-10-8-6-4-3-5-7-9-11-13-15-17-19-21-23-25-27-29-31-37(52)45-48-40(55)33-39(54)47-44-36(2)51/h42H,3-34H2,1-2H3,(H,43,50)(H,44,51)(H,45,52)(H,46,53)(H,47,54)(H,48,55)(H,49,56). The molecule has 0 saturated heterocycles. The normalized spacial score (nSPS) is 10.7. The van der Waals surface area contributed by atoms with E-state index in [1.807, 2.05) is 0 Å². The van der Waals surface area contributed by atoms with Crippen molar-refractivity contribution in [3.8, 4) is 0 Å². The molecule has 0 aromatic rings. The fourth-order valence-electron chi connectivity index (χ4n) is 6.26. The zero-order valence-corrected chi connectivity index (χ0v) is 35.0. The Hall–Kier alpha value is -3.75. The van der Waals surface area contributed by atoms with Gasteiger partial charge in [0, 0.05) is 26.7 Å². The van der Waals surface area contributed by atoms with Gasteiger partial charge in [0.05, 0.1) is 6.54 Å². The smallest absolute Gasteiger partial charge is 0.254 e. The Morgan fingerprint density at radius 1 is 0.268 bits per heavy atom. The van der Waals surface area contributed by atoms with Crippen LogP contribution in [0.5, 0.6) is 0 Å². The van der Waals surface area contributed by atoms with Gasteiger partial charge in [-0.25, -0.2) is 5.43 Å². The highest BCUT2D eigenvalue weighted by molar-refractivity contribution is 5.98. The Morgan fingerprint density at radius 3 is 0.786 bits per heavy atom. The summed E-state index contributed by atoms with van der Waals surface area (Å²) in [7, 11) is 0. The molecule has 0 spiro atoms. The van der Waals surface area contributed by atoms with Crippen LogP contribution in [0.3, 0.4) is 0 Å². The van der Waals surface area contributed by atoms with Crippen molar-refractivity contribution in [1.82, 2.24) is 43.4 Å². The maximum absolute atomic E-state index is 11.8. The topological polar surface area (TPSA) is 216 Å². The molecule has 0 heterocycles. The van der Waals surface area contributed by atoms with Crippen LogP contribution in [0.25, 0.3) is 0 Å². The monoisotopic (exact) mass is 795 g/mol. The molecule has 0 aromatic heterocycles. The second-order valence-electron chi connectivity index (χ2n) is 15.0. The van der Waals surface area contributed by atoms with Crippen LogP contribution in [0, 0.1) is 0 Å². The van der Waals surface area contributed by atoms with Gasteiger partial charge in [-0.15, -0.1) is 0 Å². The molecule has 0 bridgehead atoms. The van der Waals surface area contributed by atoms with Crippen molar-refractivity contribution >= 4 is 41.4 Å². The number of unbranched alkanes of at least 4 members (excludes halogenated alkanes) is 27. The average Bonchev–Trinajstić information content (AvgIpc) is 3.16. The number of nitrogens with one attached hydrogen (secondary N) is 8. The molecule has 15 nitrogen and oxygen atoms in total. The summed E-state index contributed by atoms with van der Waals surface area (Å²) in [5, 5.41) is 0. The van der Waals surface area contributed by atoms with E-state index in [1.165, 1.54) is 155 Å². The first-order chi connectivity index (χ1) is 27.1. The van der Waals surface area contributed by atoms with E-state index in [0.717, 1.165) is 38.5 Å². The van der Waals surface area contributed by atoms with Crippen molar-refractivity contribution < 1.29 is 33.6 Å². The summed E-state index contributed by atoms with van der Waals surface area (Å²) >= 11 is 0. The predicted molar refractivity (Wildman–Crippen MR) is 219 cm³/mol. The lowest BCUT2D eigenvalue weighted by Gasteiger charge is -2.08. The van der Waals surface area contributed by atoms with Crippen LogP contribution in [-0.4, -0.2) is 47.9 Å². The van der Waals surface area contributed by atoms with Crippen LogP contribution in [0.1, 0.15) is 213 Å². The Bertz CT molecular complexity index is 1080. The van der Waals surface area contributed by atoms with Crippen LogP contribution in [0.2, 0.25) is 0 Å². The lowest BCUT2D eigenvalue weighted by Crippen LogP contribution is -2.48. The number of hydrazine groups is 4. The minimum atomic E-state index is -0.671. The zero-order valence-electron chi connectivity index (χ0n) is 35.0. The van der Waals surface area contributed by atoms with E-state index >= 15 is 0 Å². The minimum Gasteiger partial charge on any atom is -0.291 e. The molecule has 15 heteroatoms. The maximum atomic E-state index is 11.8. The molecule has 0 aliphatic carbocycles. The number of amides is 7. The lowest BCUT2D eigenvalue weighted by atomic mass is 10.0. The summed E-state index contributed by atoms with van der Waals surface area (Å²) < 4.78 is 0. The van der Waals surface area contributed by atoms with Gasteiger partial charge in [-0.1, -0.05) is 167 Å². The molecule has 0 atom stereocenters. The summed E-state index contributed by atoms with van der Waals surface area (Å²) in [5.41, 5.74) is 18.1. The van der Waals surface area contributed by atoms with Crippen LogP contribution < -0.4 is 43.4 Å². The molecular formula is C41H78N8O7. The second-order valence-corrected chi connectivity index (χ2v) is 15.0. The molecular weight excluding hydrogens is 717 g/mol. The Balaban J connectivity index is 3.27. The molecule has 0 rings (SSSR count). The van der Waals surface area contributed by atoms with Crippen LogP contribution in [0.4, 0.5) is 0 Å². The number of hydrogen-bond acceptors (Lipinski definition) is 8. The summed E-state index contributed by atoms with van der Waals surface area (Å²) in [6.07, 6.45) is 35.3. The highest BCUT2D eigenvalue weighted by Gasteiger charge is 2.11. The number of carbonyl (C=O) groups is 7. The predicted octanol–water partition coefficient (Wildman–Crippen LogP) is 6.18. The number of hydrogen-bond donors (Lipinski definition) is 8. The van der Waals surface area contributed by atoms with Gasteiger partial charge in [0.2, 0.25) is 35.4 Å². The van der Waals surface area contributed by atoms with E-state index in [1.54, 1.807) is 0 Å². The highest BCUT2D eigenvalue weighted by atomic mass is 16.2. The number of rotatable bonds is 36. The van der Waals surface area contributed by atoms with Crippen molar-refractivity contribution in [1.29, 1.82) is 0 Å². The minimum absolute atomic E-state index is 0.114. The molecule has 0 fully saturated rings. The van der Waals surface area contributed by atoms with Gasteiger partial charge in [-0.2, -0.15) is 0 Å². The average molecular weight is 795 g/mol. The molecule has 0 radical (unpaired) electrons. The van der Waals surface area contributed by atoms with E-state index in [9.17, 15) is 33.6 Å². The highest BCUT2D eigenvalue weighted by Crippen LogP contribution is 2.16. The molecule has 0 aliphatic heterocycles. The van der Waals surface area contributed by atoms with E-state index in [0.29, 0.717) is 12.8 Å². The van der Waals surface area contributed by atoms with Gasteiger partial charge >= 0.3 is 0 Å². The van der Waals surface area contributed by atoms with Gasteiger partial charge in [-0.3, -0.25) is 71.5 Å². The molecule has 0 saturated carbocycles. The number of carbonyl (C=O) groups excluding carboxylic acids is 7. The van der Waals surface area contributed by atoms with E-state index in [2.05, 4.69) is 43.4 Å². The first-order valence-electron chi connectivity index (χ1n) is 21.8. The third-order valence-corrected chi connectivity index (χ3v) is 9.45. The quantitative estimate of drug-likeness (QED) is 0.0208. The molecule has 0 aromatic carbocycles. The largest absolute Gasteiger partial charge is 0.291 e. The van der Waals surface area contributed by atoms with E-state index in [4.69, 9.17) is 0 Å². The molecule has 8 N–H and O–H groups in total. The summed E-state index contributed by atoms with van der Waals surface area (Å²) in [4.78, 5) is 79.7. The summed E-state index contributed by atoms with van der Waals surface area (Å²) in [6.45, 7) is 2.45. The maximum Gasteiger partial charge on any atom is 0.254 e. The first-order valence-corrected chi connectivity index (χ1v) is 21.8. The third kappa shape index (κ3) is 41.4. The zero-order chi connectivity index (χ0) is 41.3. The van der Waals surface area contributed by atoms with Gasteiger partial charge in [0.25, 0.3) is 5.91 Å². The fraction of sp³-hybridized carbons (Fsp3) is 0.829. The van der Waals surface area contributed by atoms with Crippen LogP contribution in [0.15, 0.2) is 0 Å². The van der Waals surface area contributed by atoms with Gasteiger partial charge in [0.1, 0.15) is 6.42 Å². The van der Waals surface area contributed by atoms with Crippen molar-refractivity contribution in [3.63, 3.8) is 0 Å². The van der Waals surface area contributed by atoms with Crippen LogP contribution >= 0.6 is 0 Å². The van der Waals surface area contributed by atoms with E-state index < -0.39 is 30.0 Å². The Morgan fingerprint density at radius 2 is 0.500 bits per heavy atom. The van der Waals surface area contributed by atoms with Crippen molar-refractivity contribution in [2.24, 2.45) is 0 Å². The molecule has 56 heavy (non-hydrogen) atoms. The molecule has 7 amide bonds. The lowest BCUT2D eigenvalue weighted by molar-refractivity contribution is -0.134. The first kappa shape index (κ1) is 52.2. The van der Waals surface area contributed by atoms with Gasteiger partial charge < -0.3 is 0 Å². The summed E-state index contributed by atoms with van der Waals surface area (Å²) in [6, 6.07) is 0. The Labute approximate surface area is 337 Å². The third-order valence-electron chi connectivity index (χ3n) is 9.45. The van der Waals surface area contributed by atoms with Gasteiger partial charge in [0.15, 0.2) is 0 Å². The molecule has 0 unspecified atom stereocenters. The van der Waals surface area contributed by atoms with Crippen molar-refractivity contribution in [3.05, 3.63) is 0 Å². The second kappa shape index (κ2) is 39.5. The van der Waals surface area contributed by atoms with Crippen molar-refractivity contribution in [2.45, 2.75) is 213 Å². The SMILES string of the molecule is CC(=O)NNCC(=O)NNC(=O)CCCCCCCCCCCCCCCCCCCCCCCCCCCCCCC(=O)NNC(=O)CC(=O)NNC(C)=O. The summed E-state index contributed by atoms with van der Waals surface area (Å²) in [5.74, 6) is -2.97. The van der Waals surface area contributed by atoms with Gasteiger partial charge in [-0.05, 0) is 12.8 Å². The van der Waals surface area contributed by atoms with Crippen LogP contribution in [-0.2, 0) is 33.6 Å².